The normalized spacial score (nSPS) is 14.1. The largest absolute Gasteiger partial charge is 0.376 e. The predicted molar refractivity (Wildman–Crippen MR) is 98.6 cm³/mol. The molecule has 2 amide bonds. The van der Waals surface area contributed by atoms with E-state index in [2.05, 4.69) is 10.2 Å². The molecule has 3 N–H and O–H groups in total. The molecule has 2 aromatic carbocycles. The summed E-state index contributed by atoms with van der Waals surface area (Å²) in [7, 11) is 0. The highest BCUT2D eigenvalue weighted by Gasteiger charge is 2.21. The van der Waals surface area contributed by atoms with Crippen LogP contribution in [0.3, 0.4) is 0 Å². The van der Waals surface area contributed by atoms with E-state index in [-0.39, 0.29) is 23.8 Å². The van der Waals surface area contributed by atoms with Crippen LogP contribution < -0.4 is 16.0 Å². The third-order valence-corrected chi connectivity index (χ3v) is 4.50. The summed E-state index contributed by atoms with van der Waals surface area (Å²) >= 11 is 0. The van der Waals surface area contributed by atoms with Gasteiger partial charge in [-0.2, -0.15) is 0 Å². The molecule has 1 aliphatic heterocycles. The fraction of sp³-hybridized carbons (Fsp3) is 0.263. The Morgan fingerprint density at radius 1 is 1.00 bits per heavy atom. The minimum atomic E-state index is -0.862. The van der Waals surface area contributed by atoms with E-state index in [1.807, 2.05) is 0 Å². The van der Waals surface area contributed by atoms with E-state index in [4.69, 9.17) is 5.73 Å². The van der Waals surface area contributed by atoms with Crippen LogP contribution in [0.4, 0.5) is 20.2 Å². The van der Waals surface area contributed by atoms with E-state index in [0.29, 0.717) is 31.9 Å². The molecule has 0 spiro atoms. The molecule has 2 aromatic rings. The fourth-order valence-electron chi connectivity index (χ4n) is 2.98. The molecule has 27 heavy (non-hydrogen) atoms. The van der Waals surface area contributed by atoms with Gasteiger partial charge in [0.05, 0.1) is 12.1 Å². The summed E-state index contributed by atoms with van der Waals surface area (Å²) in [6.45, 7) is 2.43. The highest BCUT2D eigenvalue weighted by atomic mass is 19.1. The van der Waals surface area contributed by atoms with Crippen LogP contribution in [0.15, 0.2) is 42.5 Å². The Kier molecular flexibility index (Phi) is 5.54. The second kappa shape index (κ2) is 8.03. The highest BCUT2D eigenvalue weighted by molar-refractivity contribution is 5.94. The minimum absolute atomic E-state index is 0.0282. The quantitative estimate of drug-likeness (QED) is 0.837. The summed E-state index contributed by atoms with van der Waals surface area (Å²) in [6, 6.07) is 10.1. The Bertz CT molecular complexity index is 834. The Morgan fingerprint density at radius 3 is 2.30 bits per heavy atom. The van der Waals surface area contributed by atoms with Crippen molar-refractivity contribution >= 4 is 23.2 Å². The van der Waals surface area contributed by atoms with Crippen LogP contribution in [0.5, 0.6) is 0 Å². The summed E-state index contributed by atoms with van der Waals surface area (Å²) in [5.74, 6) is -1.94. The Balaban J connectivity index is 1.52. The van der Waals surface area contributed by atoms with E-state index in [9.17, 15) is 18.4 Å². The fourth-order valence-corrected chi connectivity index (χ4v) is 2.98. The number of rotatable bonds is 5. The van der Waals surface area contributed by atoms with Crippen LogP contribution in [0.1, 0.15) is 10.4 Å². The number of nitrogens with one attached hydrogen (secondary N) is 1. The van der Waals surface area contributed by atoms with Crippen molar-refractivity contribution in [3.63, 3.8) is 0 Å². The first-order chi connectivity index (χ1) is 12.9. The average Bonchev–Trinajstić information content (AvgIpc) is 2.67. The van der Waals surface area contributed by atoms with Gasteiger partial charge >= 0.3 is 0 Å². The molecule has 0 unspecified atom stereocenters. The summed E-state index contributed by atoms with van der Waals surface area (Å²) in [5.41, 5.74) is 6.27. The Hall–Kier alpha value is -3.16. The van der Waals surface area contributed by atoms with Gasteiger partial charge in [-0.1, -0.05) is 0 Å². The minimum Gasteiger partial charge on any atom is -0.376 e. The van der Waals surface area contributed by atoms with E-state index in [0.717, 1.165) is 11.8 Å². The first-order valence-electron chi connectivity index (χ1n) is 8.55. The molecule has 0 bridgehead atoms. The lowest BCUT2D eigenvalue weighted by Crippen LogP contribution is -2.50. The zero-order valence-corrected chi connectivity index (χ0v) is 14.6. The van der Waals surface area contributed by atoms with Crippen molar-refractivity contribution in [1.29, 1.82) is 0 Å². The van der Waals surface area contributed by atoms with E-state index < -0.39 is 11.7 Å². The molecule has 0 radical (unpaired) electrons. The zero-order valence-electron chi connectivity index (χ0n) is 14.6. The van der Waals surface area contributed by atoms with Gasteiger partial charge in [0.2, 0.25) is 5.91 Å². The van der Waals surface area contributed by atoms with Gasteiger partial charge in [0, 0.05) is 37.6 Å². The molecule has 1 heterocycles. The van der Waals surface area contributed by atoms with E-state index >= 15 is 0 Å². The molecule has 8 heteroatoms. The van der Waals surface area contributed by atoms with E-state index in [1.165, 1.54) is 24.3 Å². The van der Waals surface area contributed by atoms with Crippen molar-refractivity contribution in [2.45, 2.75) is 0 Å². The van der Waals surface area contributed by atoms with Crippen molar-refractivity contribution in [3.8, 4) is 0 Å². The third kappa shape index (κ3) is 4.52. The van der Waals surface area contributed by atoms with Crippen LogP contribution in [0, 0.1) is 11.6 Å². The molecule has 1 fully saturated rings. The summed E-state index contributed by atoms with van der Waals surface area (Å²) in [5, 5.41) is 2.89. The van der Waals surface area contributed by atoms with Gasteiger partial charge in [-0.3, -0.25) is 9.59 Å². The monoisotopic (exact) mass is 374 g/mol. The number of carbonyl (C=O) groups is 2. The number of primary amides is 1. The van der Waals surface area contributed by atoms with Gasteiger partial charge in [-0.25, -0.2) is 8.78 Å². The lowest BCUT2D eigenvalue weighted by molar-refractivity contribution is -0.129. The Labute approximate surface area is 155 Å². The molecule has 6 nitrogen and oxygen atoms in total. The van der Waals surface area contributed by atoms with Gasteiger partial charge in [-0.15, -0.1) is 0 Å². The lowest BCUT2D eigenvalue weighted by Gasteiger charge is -2.36. The number of piperazine rings is 1. The maximum atomic E-state index is 13.5. The molecular weight excluding hydrogens is 354 g/mol. The topological polar surface area (TPSA) is 78.7 Å². The third-order valence-electron chi connectivity index (χ3n) is 4.50. The SMILES string of the molecule is NC(=O)c1cc(NCC(=O)N2CCN(c3ccc(F)cc3)CC2)ccc1F. The van der Waals surface area contributed by atoms with Crippen molar-refractivity contribution in [2.75, 3.05) is 42.9 Å². The maximum Gasteiger partial charge on any atom is 0.251 e. The van der Waals surface area contributed by atoms with E-state index in [1.54, 1.807) is 17.0 Å². The number of benzene rings is 2. The van der Waals surface area contributed by atoms with Crippen molar-refractivity contribution in [1.82, 2.24) is 4.90 Å². The number of hydrogen-bond donors (Lipinski definition) is 2. The maximum absolute atomic E-state index is 13.5. The zero-order chi connectivity index (χ0) is 19.4. The van der Waals surface area contributed by atoms with Crippen LogP contribution in [0.25, 0.3) is 0 Å². The predicted octanol–water partition coefficient (Wildman–Crippen LogP) is 1.82. The van der Waals surface area contributed by atoms with Crippen molar-refractivity contribution < 1.29 is 18.4 Å². The summed E-state index contributed by atoms with van der Waals surface area (Å²) < 4.78 is 26.5. The first-order valence-corrected chi connectivity index (χ1v) is 8.55. The average molecular weight is 374 g/mol. The standard InChI is InChI=1S/C19H20F2N4O2/c20-13-1-4-15(5-2-13)24-7-9-25(10-8-24)18(26)12-23-14-3-6-17(21)16(11-14)19(22)27/h1-6,11,23H,7-10,12H2,(H2,22,27). The number of nitrogens with two attached hydrogens (primary N) is 1. The van der Waals surface area contributed by atoms with Gasteiger partial charge in [-0.05, 0) is 42.5 Å². The number of anilines is 2. The number of carbonyl (C=O) groups excluding carboxylic acids is 2. The number of amides is 2. The number of nitrogens with zero attached hydrogens (tertiary/aromatic N) is 2. The molecule has 142 valence electrons. The summed E-state index contributed by atoms with van der Waals surface area (Å²) in [4.78, 5) is 27.4. The van der Waals surface area contributed by atoms with Crippen LogP contribution in [-0.4, -0.2) is 49.4 Å². The molecule has 1 aliphatic rings. The van der Waals surface area contributed by atoms with Crippen molar-refractivity contribution in [3.05, 3.63) is 59.7 Å². The molecule has 3 rings (SSSR count). The van der Waals surface area contributed by atoms with Crippen LogP contribution >= 0.6 is 0 Å². The van der Waals surface area contributed by atoms with Crippen LogP contribution in [-0.2, 0) is 4.79 Å². The smallest absolute Gasteiger partial charge is 0.251 e. The molecule has 0 atom stereocenters. The lowest BCUT2D eigenvalue weighted by atomic mass is 10.1. The second-order valence-corrected chi connectivity index (χ2v) is 6.26. The van der Waals surface area contributed by atoms with Gasteiger partial charge in [0.25, 0.3) is 5.91 Å². The van der Waals surface area contributed by atoms with Crippen molar-refractivity contribution in [2.24, 2.45) is 5.73 Å². The highest BCUT2D eigenvalue weighted by Crippen LogP contribution is 2.17. The second-order valence-electron chi connectivity index (χ2n) is 6.26. The van der Waals surface area contributed by atoms with Crippen LogP contribution in [0.2, 0.25) is 0 Å². The first kappa shape index (κ1) is 18.6. The van der Waals surface area contributed by atoms with Gasteiger partial charge in [0.15, 0.2) is 0 Å². The molecule has 0 saturated carbocycles. The van der Waals surface area contributed by atoms with Gasteiger partial charge < -0.3 is 20.9 Å². The summed E-state index contributed by atoms with van der Waals surface area (Å²) in [6.07, 6.45) is 0. The molecular formula is C19H20F2N4O2. The molecule has 0 aromatic heterocycles. The molecule has 0 aliphatic carbocycles. The number of halogens is 2. The Morgan fingerprint density at radius 2 is 1.67 bits per heavy atom. The number of hydrogen-bond acceptors (Lipinski definition) is 4. The van der Waals surface area contributed by atoms with Gasteiger partial charge in [0.1, 0.15) is 11.6 Å². The molecule has 1 saturated heterocycles.